The molecule has 0 aliphatic rings. The number of hydrogen-bond acceptors (Lipinski definition) is 5. The molecule has 1 unspecified atom stereocenters. The molecule has 1 rings (SSSR count). The Hall–Kier alpha value is -1.91. The van der Waals surface area contributed by atoms with Gasteiger partial charge in [-0.2, -0.15) is 0 Å². The van der Waals surface area contributed by atoms with Crippen LogP contribution in [0.25, 0.3) is 0 Å². The largest absolute Gasteiger partial charge is 0.489 e. The molecule has 1 aromatic carbocycles. The molecule has 0 heterocycles. The van der Waals surface area contributed by atoms with Crippen molar-refractivity contribution in [3.63, 3.8) is 0 Å². The van der Waals surface area contributed by atoms with Crippen molar-refractivity contribution in [2.24, 2.45) is 5.92 Å². The SMILES string of the molecule is COC(=O)C(Nc1cccc(OC(C)C)c1N)C(C)C. The van der Waals surface area contributed by atoms with Gasteiger partial charge in [-0.3, -0.25) is 0 Å². The van der Waals surface area contributed by atoms with Gasteiger partial charge >= 0.3 is 5.97 Å². The van der Waals surface area contributed by atoms with Gasteiger partial charge in [-0.1, -0.05) is 19.9 Å². The van der Waals surface area contributed by atoms with Crippen LogP contribution in [0.1, 0.15) is 27.7 Å². The lowest BCUT2D eigenvalue weighted by atomic mass is 10.0. The third kappa shape index (κ3) is 4.05. The number of rotatable bonds is 6. The third-order valence-corrected chi connectivity index (χ3v) is 2.86. The first-order chi connectivity index (χ1) is 9.36. The Morgan fingerprint density at radius 2 is 1.90 bits per heavy atom. The van der Waals surface area contributed by atoms with E-state index in [9.17, 15) is 4.79 Å². The van der Waals surface area contributed by atoms with E-state index in [1.54, 1.807) is 0 Å². The third-order valence-electron chi connectivity index (χ3n) is 2.86. The van der Waals surface area contributed by atoms with E-state index in [4.69, 9.17) is 15.2 Å². The number of methoxy groups -OCH3 is 1. The minimum absolute atomic E-state index is 0.0362. The van der Waals surface area contributed by atoms with E-state index in [-0.39, 0.29) is 18.0 Å². The second-order valence-electron chi connectivity index (χ2n) is 5.27. The molecule has 1 aromatic rings. The molecule has 0 aliphatic carbocycles. The van der Waals surface area contributed by atoms with Crippen molar-refractivity contribution in [2.45, 2.75) is 39.8 Å². The number of carbonyl (C=O) groups is 1. The number of para-hydroxylation sites is 1. The van der Waals surface area contributed by atoms with Gasteiger partial charge in [0.15, 0.2) is 0 Å². The first-order valence-electron chi connectivity index (χ1n) is 6.76. The fourth-order valence-corrected chi connectivity index (χ4v) is 1.82. The highest BCUT2D eigenvalue weighted by Gasteiger charge is 2.24. The zero-order valence-electron chi connectivity index (χ0n) is 12.8. The number of nitrogens with two attached hydrogens (primary N) is 1. The first-order valence-corrected chi connectivity index (χ1v) is 6.76. The summed E-state index contributed by atoms with van der Waals surface area (Å²) in [4.78, 5) is 11.8. The molecule has 0 saturated carbocycles. The fourth-order valence-electron chi connectivity index (χ4n) is 1.82. The molecule has 5 nitrogen and oxygen atoms in total. The molecule has 0 amide bonds. The highest BCUT2D eigenvalue weighted by molar-refractivity contribution is 5.82. The van der Waals surface area contributed by atoms with E-state index in [1.165, 1.54) is 7.11 Å². The summed E-state index contributed by atoms with van der Waals surface area (Å²) in [7, 11) is 1.38. The molecule has 0 spiro atoms. The Balaban J connectivity index is 2.98. The number of benzene rings is 1. The lowest BCUT2D eigenvalue weighted by molar-refractivity contribution is -0.142. The molecule has 3 N–H and O–H groups in total. The van der Waals surface area contributed by atoms with Crippen LogP contribution in [0.15, 0.2) is 18.2 Å². The number of nitrogen functional groups attached to an aromatic ring is 1. The van der Waals surface area contributed by atoms with Crippen LogP contribution in [-0.2, 0) is 9.53 Å². The second-order valence-corrected chi connectivity index (χ2v) is 5.27. The van der Waals surface area contributed by atoms with Gasteiger partial charge in [0.25, 0.3) is 0 Å². The van der Waals surface area contributed by atoms with Gasteiger partial charge < -0.3 is 20.5 Å². The zero-order chi connectivity index (χ0) is 15.3. The van der Waals surface area contributed by atoms with Crippen molar-refractivity contribution < 1.29 is 14.3 Å². The van der Waals surface area contributed by atoms with Crippen molar-refractivity contribution >= 4 is 17.3 Å². The molecule has 0 aromatic heterocycles. The molecule has 0 bridgehead atoms. The summed E-state index contributed by atoms with van der Waals surface area (Å²) >= 11 is 0. The number of esters is 1. The van der Waals surface area contributed by atoms with Gasteiger partial charge in [0.05, 0.1) is 24.6 Å². The second kappa shape index (κ2) is 7.03. The molecule has 0 fully saturated rings. The van der Waals surface area contributed by atoms with Crippen molar-refractivity contribution in [2.75, 3.05) is 18.2 Å². The maximum atomic E-state index is 11.8. The average molecular weight is 280 g/mol. The normalized spacial score (nSPS) is 12.3. The number of ether oxygens (including phenoxy) is 2. The molecular weight excluding hydrogens is 256 g/mol. The summed E-state index contributed by atoms with van der Waals surface area (Å²) in [6, 6.07) is 5.02. The predicted molar refractivity (Wildman–Crippen MR) is 80.9 cm³/mol. The van der Waals surface area contributed by atoms with Gasteiger partial charge in [0.1, 0.15) is 11.8 Å². The maximum Gasteiger partial charge on any atom is 0.328 e. The molecule has 112 valence electrons. The molecule has 0 radical (unpaired) electrons. The summed E-state index contributed by atoms with van der Waals surface area (Å²) in [6.45, 7) is 7.76. The molecular formula is C15H24N2O3. The van der Waals surface area contributed by atoms with E-state index in [2.05, 4.69) is 5.32 Å². The summed E-state index contributed by atoms with van der Waals surface area (Å²) in [5.74, 6) is 0.378. The van der Waals surface area contributed by atoms with Crippen LogP contribution in [0, 0.1) is 5.92 Å². The monoisotopic (exact) mass is 280 g/mol. The van der Waals surface area contributed by atoms with Crippen molar-refractivity contribution in [1.82, 2.24) is 0 Å². The van der Waals surface area contributed by atoms with E-state index >= 15 is 0 Å². The Labute approximate surface area is 120 Å². The Morgan fingerprint density at radius 3 is 2.40 bits per heavy atom. The van der Waals surface area contributed by atoms with Crippen LogP contribution in [0.3, 0.4) is 0 Å². The fraction of sp³-hybridized carbons (Fsp3) is 0.533. The highest BCUT2D eigenvalue weighted by atomic mass is 16.5. The standard InChI is InChI=1S/C15H24N2O3/c1-9(2)14(15(18)19-5)17-11-7-6-8-12(13(11)16)20-10(3)4/h6-10,14,17H,16H2,1-5H3. The summed E-state index contributed by atoms with van der Waals surface area (Å²) in [5, 5.41) is 3.13. The van der Waals surface area contributed by atoms with Crippen molar-refractivity contribution in [3.05, 3.63) is 18.2 Å². The van der Waals surface area contributed by atoms with Crippen LogP contribution >= 0.6 is 0 Å². The smallest absolute Gasteiger partial charge is 0.328 e. The summed E-state index contributed by atoms with van der Waals surface area (Å²) in [6.07, 6.45) is 0.0362. The lowest BCUT2D eigenvalue weighted by Crippen LogP contribution is -2.35. The Kier molecular flexibility index (Phi) is 5.67. The predicted octanol–water partition coefficient (Wildman–Crippen LogP) is 2.67. The first kappa shape index (κ1) is 16.1. The van der Waals surface area contributed by atoms with Gasteiger partial charge in [-0.15, -0.1) is 0 Å². The molecule has 5 heteroatoms. The summed E-state index contributed by atoms with van der Waals surface area (Å²) < 4.78 is 10.4. The van der Waals surface area contributed by atoms with Crippen LogP contribution in [0.2, 0.25) is 0 Å². The van der Waals surface area contributed by atoms with Gasteiger partial charge in [-0.05, 0) is 31.9 Å². The van der Waals surface area contributed by atoms with Crippen LogP contribution in [0.4, 0.5) is 11.4 Å². The quantitative estimate of drug-likeness (QED) is 0.619. The topological polar surface area (TPSA) is 73.6 Å². The minimum Gasteiger partial charge on any atom is -0.489 e. The van der Waals surface area contributed by atoms with Gasteiger partial charge in [0.2, 0.25) is 0 Å². The van der Waals surface area contributed by atoms with Gasteiger partial charge in [0, 0.05) is 0 Å². The van der Waals surface area contributed by atoms with E-state index < -0.39 is 6.04 Å². The van der Waals surface area contributed by atoms with Crippen LogP contribution in [0.5, 0.6) is 5.75 Å². The van der Waals surface area contributed by atoms with E-state index in [0.29, 0.717) is 17.1 Å². The Bertz CT molecular complexity index is 458. The van der Waals surface area contributed by atoms with Crippen LogP contribution in [-0.4, -0.2) is 25.2 Å². The van der Waals surface area contributed by atoms with E-state index in [0.717, 1.165) is 0 Å². The molecule has 1 atom stereocenters. The Morgan fingerprint density at radius 1 is 1.25 bits per heavy atom. The number of anilines is 2. The highest BCUT2D eigenvalue weighted by Crippen LogP contribution is 2.31. The average Bonchev–Trinajstić information content (AvgIpc) is 2.38. The van der Waals surface area contributed by atoms with Crippen molar-refractivity contribution in [1.29, 1.82) is 0 Å². The number of nitrogens with one attached hydrogen (secondary N) is 1. The number of hydrogen-bond donors (Lipinski definition) is 2. The van der Waals surface area contributed by atoms with E-state index in [1.807, 2.05) is 45.9 Å². The number of carbonyl (C=O) groups excluding carboxylic acids is 1. The lowest BCUT2D eigenvalue weighted by Gasteiger charge is -2.23. The van der Waals surface area contributed by atoms with Crippen molar-refractivity contribution in [3.8, 4) is 5.75 Å². The molecule has 20 heavy (non-hydrogen) atoms. The van der Waals surface area contributed by atoms with Crippen LogP contribution < -0.4 is 15.8 Å². The molecule has 0 saturated heterocycles. The zero-order valence-corrected chi connectivity index (χ0v) is 12.8. The van der Waals surface area contributed by atoms with Gasteiger partial charge in [-0.25, -0.2) is 4.79 Å². The maximum absolute atomic E-state index is 11.8. The molecule has 0 aliphatic heterocycles. The summed E-state index contributed by atoms with van der Waals surface area (Å²) in [5.41, 5.74) is 7.25. The minimum atomic E-state index is -0.448.